The highest BCUT2D eigenvalue weighted by atomic mass is 16.1. The van der Waals surface area contributed by atoms with Gasteiger partial charge in [-0.1, -0.05) is 24.3 Å². The molecule has 1 unspecified atom stereocenters. The van der Waals surface area contributed by atoms with Crippen molar-refractivity contribution < 1.29 is 4.79 Å². The van der Waals surface area contributed by atoms with E-state index in [2.05, 4.69) is 12.0 Å². The number of carbonyl (C=O) groups excluding carboxylic acids is 1. The number of benzene rings is 1. The van der Waals surface area contributed by atoms with Gasteiger partial charge in [-0.3, -0.25) is 4.79 Å². The highest BCUT2D eigenvalue weighted by molar-refractivity contribution is 6.00. The van der Waals surface area contributed by atoms with Crippen LogP contribution in [0.1, 0.15) is 41.6 Å². The van der Waals surface area contributed by atoms with Crippen molar-refractivity contribution >= 4 is 5.78 Å². The summed E-state index contributed by atoms with van der Waals surface area (Å²) in [6.45, 7) is 0. The monoisotopic (exact) mass is 212 g/mol. The molecule has 0 amide bonds. The standard InChI is InChI=1S/C15H16O/c1-2-3-4-8-13-11-10-12-7-5-6-9-14(12)15(13)16/h1,5-7,9,13H,3-4,8,10-11H2. The predicted octanol–water partition coefficient (Wildman–Crippen LogP) is 3.24. The summed E-state index contributed by atoms with van der Waals surface area (Å²) >= 11 is 0. The zero-order chi connectivity index (χ0) is 11.4. The van der Waals surface area contributed by atoms with Crippen LogP contribution in [0.4, 0.5) is 0 Å². The summed E-state index contributed by atoms with van der Waals surface area (Å²) in [6.07, 6.45) is 9.93. The highest BCUT2D eigenvalue weighted by Gasteiger charge is 2.26. The minimum absolute atomic E-state index is 0.197. The fourth-order valence-corrected chi connectivity index (χ4v) is 2.39. The van der Waals surface area contributed by atoms with Crippen LogP contribution in [0, 0.1) is 18.3 Å². The van der Waals surface area contributed by atoms with Gasteiger partial charge in [0.1, 0.15) is 0 Å². The number of Topliss-reactive ketones (excluding diaryl/α,β-unsaturated/α-hetero) is 1. The van der Waals surface area contributed by atoms with Gasteiger partial charge in [0.2, 0.25) is 0 Å². The molecule has 1 aromatic carbocycles. The summed E-state index contributed by atoms with van der Waals surface area (Å²) in [5, 5.41) is 0. The maximum Gasteiger partial charge on any atom is 0.166 e. The first-order chi connectivity index (χ1) is 7.83. The number of unbranched alkanes of at least 4 members (excludes halogenated alkanes) is 1. The maximum absolute atomic E-state index is 12.2. The summed E-state index contributed by atoms with van der Waals surface area (Å²) in [7, 11) is 0. The van der Waals surface area contributed by atoms with Crippen molar-refractivity contribution in [2.45, 2.75) is 32.1 Å². The number of hydrogen-bond donors (Lipinski definition) is 0. The molecular weight excluding hydrogens is 196 g/mol. The van der Waals surface area contributed by atoms with Gasteiger partial charge >= 0.3 is 0 Å². The molecule has 1 aliphatic carbocycles. The topological polar surface area (TPSA) is 17.1 Å². The lowest BCUT2D eigenvalue weighted by Gasteiger charge is -2.22. The van der Waals surface area contributed by atoms with Crippen molar-refractivity contribution in [3.05, 3.63) is 35.4 Å². The molecule has 0 bridgehead atoms. The average molecular weight is 212 g/mol. The lowest BCUT2D eigenvalue weighted by atomic mass is 9.80. The van der Waals surface area contributed by atoms with Crippen molar-refractivity contribution in [1.29, 1.82) is 0 Å². The second-order valence-electron chi connectivity index (χ2n) is 4.35. The third-order valence-corrected chi connectivity index (χ3v) is 3.29. The Morgan fingerprint density at radius 3 is 3.00 bits per heavy atom. The molecule has 1 aliphatic rings. The lowest BCUT2D eigenvalue weighted by Crippen LogP contribution is -2.22. The van der Waals surface area contributed by atoms with Gasteiger partial charge in [-0.15, -0.1) is 12.3 Å². The molecule has 16 heavy (non-hydrogen) atoms. The third-order valence-electron chi connectivity index (χ3n) is 3.29. The summed E-state index contributed by atoms with van der Waals surface area (Å²) in [5.74, 6) is 3.15. The van der Waals surface area contributed by atoms with Crippen LogP contribution in [0.25, 0.3) is 0 Å². The number of ketones is 1. The summed E-state index contributed by atoms with van der Waals surface area (Å²) in [6, 6.07) is 7.96. The van der Waals surface area contributed by atoms with Crippen LogP contribution < -0.4 is 0 Å². The average Bonchev–Trinajstić information content (AvgIpc) is 2.33. The van der Waals surface area contributed by atoms with E-state index in [9.17, 15) is 4.79 Å². The van der Waals surface area contributed by atoms with Gasteiger partial charge in [-0.2, -0.15) is 0 Å². The van der Waals surface area contributed by atoms with E-state index >= 15 is 0 Å². The van der Waals surface area contributed by atoms with E-state index in [1.807, 2.05) is 18.2 Å². The second kappa shape index (κ2) is 4.99. The largest absolute Gasteiger partial charge is 0.294 e. The molecule has 0 aliphatic heterocycles. The Kier molecular flexibility index (Phi) is 3.41. The molecule has 0 heterocycles. The van der Waals surface area contributed by atoms with Crippen molar-refractivity contribution in [2.24, 2.45) is 5.92 Å². The van der Waals surface area contributed by atoms with Crippen LogP contribution in [0.15, 0.2) is 24.3 Å². The van der Waals surface area contributed by atoms with E-state index in [0.717, 1.165) is 37.7 Å². The Hall–Kier alpha value is -1.55. The summed E-state index contributed by atoms with van der Waals surface area (Å²) < 4.78 is 0. The van der Waals surface area contributed by atoms with Crippen LogP contribution in [0.3, 0.4) is 0 Å². The van der Waals surface area contributed by atoms with Crippen LogP contribution in [-0.4, -0.2) is 5.78 Å². The highest BCUT2D eigenvalue weighted by Crippen LogP contribution is 2.28. The van der Waals surface area contributed by atoms with Gasteiger partial charge in [0, 0.05) is 17.9 Å². The first-order valence-corrected chi connectivity index (χ1v) is 5.88. The molecule has 0 saturated heterocycles. The third kappa shape index (κ3) is 2.17. The number of aryl methyl sites for hydroxylation is 1. The molecule has 1 nitrogen and oxygen atoms in total. The van der Waals surface area contributed by atoms with Gasteiger partial charge in [-0.25, -0.2) is 0 Å². The first kappa shape index (κ1) is 11.0. The van der Waals surface area contributed by atoms with Crippen LogP contribution in [0.5, 0.6) is 0 Å². The fraction of sp³-hybridized carbons (Fsp3) is 0.400. The predicted molar refractivity (Wildman–Crippen MR) is 65.3 cm³/mol. The van der Waals surface area contributed by atoms with E-state index in [1.165, 1.54) is 5.56 Å². The number of carbonyl (C=O) groups is 1. The quantitative estimate of drug-likeness (QED) is 0.555. The molecule has 1 atom stereocenters. The second-order valence-corrected chi connectivity index (χ2v) is 4.35. The Morgan fingerprint density at radius 2 is 2.19 bits per heavy atom. The number of fused-ring (bicyclic) bond motifs is 1. The smallest absolute Gasteiger partial charge is 0.166 e. The SMILES string of the molecule is C#CCCCC1CCc2ccccc2C1=O. The molecule has 82 valence electrons. The minimum Gasteiger partial charge on any atom is -0.294 e. The molecule has 0 spiro atoms. The Morgan fingerprint density at radius 1 is 1.38 bits per heavy atom. The fourth-order valence-electron chi connectivity index (χ4n) is 2.39. The van der Waals surface area contributed by atoms with Crippen molar-refractivity contribution in [1.82, 2.24) is 0 Å². The van der Waals surface area contributed by atoms with Crippen LogP contribution in [-0.2, 0) is 6.42 Å². The maximum atomic E-state index is 12.2. The molecule has 0 saturated carbocycles. The number of rotatable bonds is 3. The van der Waals surface area contributed by atoms with Crippen molar-refractivity contribution in [3.8, 4) is 12.3 Å². The molecular formula is C15H16O. The van der Waals surface area contributed by atoms with Gasteiger partial charge in [0.05, 0.1) is 0 Å². The van der Waals surface area contributed by atoms with Crippen LogP contribution >= 0.6 is 0 Å². The molecule has 0 fully saturated rings. The van der Waals surface area contributed by atoms with Gasteiger partial charge < -0.3 is 0 Å². The van der Waals surface area contributed by atoms with E-state index in [4.69, 9.17) is 6.42 Å². The summed E-state index contributed by atoms with van der Waals surface area (Å²) in [5.41, 5.74) is 2.14. The lowest BCUT2D eigenvalue weighted by molar-refractivity contribution is 0.0893. The molecule has 1 heteroatoms. The molecule has 0 radical (unpaired) electrons. The minimum atomic E-state index is 0.197. The summed E-state index contributed by atoms with van der Waals surface area (Å²) in [4.78, 5) is 12.2. The van der Waals surface area contributed by atoms with Crippen molar-refractivity contribution in [2.75, 3.05) is 0 Å². The van der Waals surface area contributed by atoms with Gasteiger partial charge in [0.15, 0.2) is 5.78 Å². The molecule has 1 aromatic rings. The van der Waals surface area contributed by atoms with Gasteiger partial charge in [-0.05, 0) is 31.2 Å². The van der Waals surface area contributed by atoms with E-state index in [0.29, 0.717) is 5.78 Å². The zero-order valence-corrected chi connectivity index (χ0v) is 9.41. The van der Waals surface area contributed by atoms with Gasteiger partial charge in [0.25, 0.3) is 0 Å². The molecule has 0 N–H and O–H groups in total. The van der Waals surface area contributed by atoms with E-state index in [1.54, 1.807) is 0 Å². The molecule has 2 rings (SSSR count). The van der Waals surface area contributed by atoms with Crippen molar-refractivity contribution in [3.63, 3.8) is 0 Å². The normalized spacial score (nSPS) is 18.9. The number of terminal acetylenes is 1. The Labute approximate surface area is 96.9 Å². The van der Waals surface area contributed by atoms with E-state index < -0.39 is 0 Å². The molecule has 0 aromatic heterocycles. The van der Waals surface area contributed by atoms with E-state index in [-0.39, 0.29) is 5.92 Å². The Bertz CT molecular complexity index is 425. The first-order valence-electron chi connectivity index (χ1n) is 5.88. The number of hydrogen-bond acceptors (Lipinski definition) is 1. The van der Waals surface area contributed by atoms with Crippen LogP contribution in [0.2, 0.25) is 0 Å². The zero-order valence-electron chi connectivity index (χ0n) is 9.41. The Balaban J connectivity index is 2.07.